The number of rotatable bonds is 0. The van der Waals surface area contributed by atoms with E-state index in [4.69, 9.17) is 4.74 Å². The van der Waals surface area contributed by atoms with E-state index in [1.54, 1.807) is 0 Å². The second-order valence-corrected chi connectivity index (χ2v) is 2.88. The second-order valence-electron chi connectivity index (χ2n) is 2.88. The smallest absolute Gasteiger partial charge is 0.0466 e. The van der Waals surface area contributed by atoms with Gasteiger partial charge in [-0.05, 0) is 25.7 Å². The van der Waals surface area contributed by atoms with Crippen LogP contribution in [0.25, 0.3) is 0 Å². The van der Waals surface area contributed by atoms with Crippen LogP contribution in [0, 0.1) is 0 Å². The molecule has 13 heavy (non-hydrogen) atoms. The first-order chi connectivity index (χ1) is 6.50. The van der Waals surface area contributed by atoms with E-state index in [0.717, 1.165) is 26.3 Å². The summed E-state index contributed by atoms with van der Waals surface area (Å²) in [6.45, 7) is 8.28. The molecule has 0 aromatic rings. The molecule has 0 unspecified atom stereocenters. The van der Waals surface area contributed by atoms with Crippen molar-refractivity contribution < 1.29 is 4.74 Å². The van der Waals surface area contributed by atoms with Crippen LogP contribution in [-0.2, 0) is 4.74 Å². The molecule has 2 heterocycles. The maximum absolute atomic E-state index is 5.07. The van der Waals surface area contributed by atoms with E-state index >= 15 is 0 Å². The van der Waals surface area contributed by atoms with Crippen molar-refractivity contribution in [2.75, 3.05) is 26.3 Å². The number of hydrazine groups is 1. The molecule has 0 saturated carbocycles. The van der Waals surface area contributed by atoms with Gasteiger partial charge in [0.2, 0.25) is 0 Å². The normalized spacial score (nSPS) is 20.8. The van der Waals surface area contributed by atoms with Gasteiger partial charge in [-0.2, -0.15) is 0 Å². The Kier molecular flexibility index (Phi) is 11.8. The summed E-state index contributed by atoms with van der Waals surface area (Å²) >= 11 is 0. The SMILES string of the molecule is C1CCOCC1.C1CNNC1.CC. The lowest BCUT2D eigenvalue weighted by Crippen LogP contribution is -2.21. The van der Waals surface area contributed by atoms with Gasteiger partial charge in [-0.25, -0.2) is 0 Å². The van der Waals surface area contributed by atoms with E-state index < -0.39 is 0 Å². The molecule has 0 spiro atoms. The average Bonchev–Trinajstić information content (AvgIpc) is 2.82. The van der Waals surface area contributed by atoms with Crippen molar-refractivity contribution in [3.05, 3.63) is 0 Å². The maximum Gasteiger partial charge on any atom is 0.0466 e. The van der Waals surface area contributed by atoms with Gasteiger partial charge in [0.1, 0.15) is 0 Å². The predicted molar refractivity (Wildman–Crippen MR) is 56.6 cm³/mol. The first-order valence-electron chi connectivity index (χ1n) is 5.53. The van der Waals surface area contributed by atoms with E-state index in [2.05, 4.69) is 10.9 Å². The summed E-state index contributed by atoms with van der Waals surface area (Å²) in [5.74, 6) is 0. The molecule has 2 saturated heterocycles. The van der Waals surface area contributed by atoms with Crippen LogP contribution in [0.15, 0.2) is 0 Å². The van der Waals surface area contributed by atoms with Crippen molar-refractivity contribution in [3.8, 4) is 0 Å². The highest BCUT2D eigenvalue weighted by Crippen LogP contribution is 2.02. The Morgan fingerprint density at radius 3 is 1.46 bits per heavy atom. The Balaban J connectivity index is 0.000000189. The maximum atomic E-state index is 5.07. The molecule has 3 heteroatoms. The lowest BCUT2D eigenvalue weighted by Gasteiger charge is -2.08. The van der Waals surface area contributed by atoms with Crippen molar-refractivity contribution in [3.63, 3.8) is 0 Å². The minimum absolute atomic E-state index is 1.00. The third kappa shape index (κ3) is 9.80. The van der Waals surface area contributed by atoms with Crippen LogP contribution in [0.5, 0.6) is 0 Å². The van der Waals surface area contributed by atoms with E-state index in [1.165, 1.54) is 25.7 Å². The van der Waals surface area contributed by atoms with Crippen LogP contribution < -0.4 is 10.9 Å². The summed E-state index contributed by atoms with van der Waals surface area (Å²) in [6, 6.07) is 0. The molecule has 2 N–H and O–H groups in total. The van der Waals surface area contributed by atoms with E-state index in [9.17, 15) is 0 Å². The lowest BCUT2D eigenvalue weighted by atomic mass is 10.2. The van der Waals surface area contributed by atoms with Crippen LogP contribution in [-0.4, -0.2) is 26.3 Å². The van der Waals surface area contributed by atoms with E-state index in [-0.39, 0.29) is 0 Å². The molecule has 0 aliphatic carbocycles. The summed E-state index contributed by atoms with van der Waals surface area (Å²) in [7, 11) is 0. The summed E-state index contributed by atoms with van der Waals surface area (Å²) in [6.07, 6.45) is 5.21. The minimum atomic E-state index is 1.00. The molecule has 3 nitrogen and oxygen atoms in total. The second kappa shape index (κ2) is 11.9. The molecule has 0 radical (unpaired) electrons. The van der Waals surface area contributed by atoms with Crippen molar-refractivity contribution in [2.24, 2.45) is 0 Å². The Bertz CT molecular complexity index is 61.9. The monoisotopic (exact) mass is 188 g/mol. The lowest BCUT2D eigenvalue weighted by molar-refractivity contribution is 0.0968. The molecule has 80 valence electrons. The van der Waals surface area contributed by atoms with Gasteiger partial charge in [0, 0.05) is 26.3 Å². The molecule has 0 atom stereocenters. The Morgan fingerprint density at radius 2 is 1.31 bits per heavy atom. The summed E-state index contributed by atoms with van der Waals surface area (Å²) in [4.78, 5) is 0. The largest absolute Gasteiger partial charge is 0.381 e. The first kappa shape index (κ1) is 12.9. The van der Waals surface area contributed by atoms with Crippen molar-refractivity contribution in [1.29, 1.82) is 0 Å². The van der Waals surface area contributed by atoms with Gasteiger partial charge in [-0.15, -0.1) is 0 Å². The van der Waals surface area contributed by atoms with Crippen LogP contribution in [0.2, 0.25) is 0 Å². The Hall–Kier alpha value is -0.120. The fourth-order valence-corrected chi connectivity index (χ4v) is 1.13. The summed E-state index contributed by atoms with van der Waals surface area (Å²) in [5.41, 5.74) is 5.94. The number of hydrogen-bond donors (Lipinski definition) is 2. The standard InChI is InChI=1S/C5H10O.C3H8N2.C2H6/c1-2-4-6-5-3-1;1-2-4-5-3-1;1-2/h1-5H2;4-5H,1-3H2;1-2H3. The zero-order valence-electron chi connectivity index (χ0n) is 9.07. The summed E-state index contributed by atoms with van der Waals surface area (Å²) in [5, 5.41) is 0. The molecule has 0 amide bonds. The van der Waals surface area contributed by atoms with Gasteiger partial charge in [0.25, 0.3) is 0 Å². The molecular weight excluding hydrogens is 164 g/mol. The fourth-order valence-electron chi connectivity index (χ4n) is 1.13. The van der Waals surface area contributed by atoms with Gasteiger partial charge in [0.15, 0.2) is 0 Å². The molecular formula is C10H24N2O. The van der Waals surface area contributed by atoms with Crippen molar-refractivity contribution >= 4 is 0 Å². The molecule has 0 bridgehead atoms. The molecule has 2 rings (SSSR count). The Labute approximate surface area is 82.2 Å². The van der Waals surface area contributed by atoms with Gasteiger partial charge in [0.05, 0.1) is 0 Å². The predicted octanol–water partition coefficient (Wildman–Crippen LogP) is 1.70. The highest BCUT2D eigenvalue weighted by Gasteiger charge is 1.95. The number of hydrogen-bond acceptors (Lipinski definition) is 3. The Morgan fingerprint density at radius 1 is 0.769 bits per heavy atom. The van der Waals surface area contributed by atoms with Crippen LogP contribution in [0.4, 0.5) is 0 Å². The zero-order chi connectivity index (χ0) is 9.78. The zero-order valence-corrected chi connectivity index (χ0v) is 9.07. The molecule has 2 fully saturated rings. The van der Waals surface area contributed by atoms with Crippen LogP contribution in [0.3, 0.4) is 0 Å². The van der Waals surface area contributed by atoms with Gasteiger partial charge in [-0.3, -0.25) is 10.9 Å². The molecule has 2 aliphatic rings. The third-order valence-corrected chi connectivity index (χ3v) is 1.81. The highest BCUT2D eigenvalue weighted by atomic mass is 16.5. The first-order valence-corrected chi connectivity index (χ1v) is 5.53. The third-order valence-electron chi connectivity index (χ3n) is 1.81. The highest BCUT2D eigenvalue weighted by molar-refractivity contribution is 4.51. The van der Waals surface area contributed by atoms with Crippen LogP contribution in [0.1, 0.15) is 39.5 Å². The number of ether oxygens (including phenoxy) is 1. The molecule has 2 aliphatic heterocycles. The minimum Gasteiger partial charge on any atom is -0.381 e. The topological polar surface area (TPSA) is 33.3 Å². The van der Waals surface area contributed by atoms with Crippen LogP contribution >= 0.6 is 0 Å². The van der Waals surface area contributed by atoms with Crippen molar-refractivity contribution in [2.45, 2.75) is 39.5 Å². The fraction of sp³-hybridized carbons (Fsp3) is 1.00. The van der Waals surface area contributed by atoms with Gasteiger partial charge >= 0.3 is 0 Å². The molecule has 0 aromatic heterocycles. The van der Waals surface area contributed by atoms with Gasteiger partial charge in [-0.1, -0.05) is 13.8 Å². The quantitative estimate of drug-likeness (QED) is 0.607. The molecule has 0 aromatic carbocycles. The van der Waals surface area contributed by atoms with Gasteiger partial charge < -0.3 is 4.74 Å². The van der Waals surface area contributed by atoms with E-state index in [1.807, 2.05) is 13.8 Å². The summed E-state index contributed by atoms with van der Waals surface area (Å²) < 4.78 is 5.07. The number of nitrogens with one attached hydrogen (secondary N) is 2. The van der Waals surface area contributed by atoms with Crippen molar-refractivity contribution in [1.82, 2.24) is 10.9 Å². The van der Waals surface area contributed by atoms with E-state index in [0.29, 0.717) is 0 Å². The average molecular weight is 188 g/mol.